The van der Waals surface area contributed by atoms with Crippen LogP contribution in [-0.2, 0) is 9.59 Å². The molecular weight excluding hydrogens is 264 g/mol. The summed E-state index contributed by atoms with van der Waals surface area (Å²) in [6.07, 6.45) is -0.953. The quantitative estimate of drug-likeness (QED) is 0.538. The van der Waals surface area contributed by atoms with Crippen LogP contribution in [-0.4, -0.2) is 57.8 Å². The predicted molar refractivity (Wildman–Crippen MR) is 71.1 cm³/mol. The predicted octanol–water partition coefficient (Wildman–Crippen LogP) is -0.481. The molecule has 1 saturated heterocycles. The molecule has 0 bridgehead atoms. The molecule has 1 aromatic carbocycles. The first kappa shape index (κ1) is 16.1. The maximum Gasteiger partial charge on any atom is 0.324 e. The average Bonchev–Trinajstić information content (AvgIpc) is 3.24. The standard InChI is InChI=1S/C11H13NO3.C2H5NO2/c13-10(8-4-2-1-3-5-8)9(11(14)15)12-6-7-12;3-1-2(4)5/h1-5,9-10,13H,6-7H2,(H,14,15);1,3H2,(H,4,5). The van der Waals surface area contributed by atoms with Crippen molar-refractivity contribution in [3.05, 3.63) is 35.9 Å². The molecule has 0 aliphatic carbocycles. The van der Waals surface area contributed by atoms with E-state index in [4.69, 9.17) is 10.2 Å². The fourth-order valence-electron chi connectivity index (χ4n) is 1.66. The van der Waals surface area contributed by atoms with Crippen molar-refractivity contribution in [3.63, 3.8) is 0 Å². The number of carboxylic acid groups (broad SMARTS) is 2. The lowest BCUT2D eigenvalue weighted by atomic mass is 10.0. The van der Waals surface area contributed by atoms with Crippen molar-refractivity contribution in [2.45, 2.75) is 12.1 Å². The van der Waals surface area contributed by atoms with Gasteiger partial charge in [-0.05, 0) is 5.56 Å². The van der Waals surface area contributed by atoms with E-state index < -0.39 is 24.1 Å². The Kier molecular flexibility index (Phi) is 6.10. The second-order valence-electron chi connectivity index (χ2n) is 4.27. The van der Waals surface area contributed by atoms with Gasteiger partial charge in [0.1, 0.15) is 12.1 Å². The van der Waals surface area contributed by atoms with Crippen LogP contribution in [0, 0.1) is 0 Å². The lowest BCUT2D eigenvalue weighted by Gasteiger charge is -2.20. The minimum atomic E-state index is -0.969. The van der Waals surface area contributed by atoms with Gasteiger partial charge in [-0.15, -0.1) is 0 Å². The van der Waals surface area contributed by atoms with Gasteiger partial charge in [-0.3, -0.25) is 14.5 Å². The van der Waals surface area contributed by atoms with Crippen molar-refractivity contribution in [2.75, 3.05) is 19.6 Å². The summed E-state index contributed by atoms with van der Waals surface area (Å²) >= 11 is 0. The third-order valence-electron chi connectivity index (χ3n) is 2.74. The van der Waals surface area contributed by atoms with Gasteiger partial charge in [0.2, 0.25) is 0 Å². The molecule has 2 unspecified atom stereocenters. The summed E-state index contributed by atoms with van der Waals surface area (Å²) in [5, 5.41) is 26.5. The number of benzene rings is 1. The summed E-state index contributed by atoms with van der Waals surface area (Å²) in [4.78, 5) is 22.0. The van der Waals surface area contributed by atoms with Crippen LogP contribution in [0.25, 0.3) is 0 Å². The highest BCUT2D eigenvalue weighted by Crippen LogP contribution is 2.25. The molecule has 5 N–H and O–H groups in total. The van der Waals surface area contributed by atoms with Crippen molar-refractivity contribution < 1.29 is 24.9 Å². The Morgan fingerprint density at radius 2 is 1.70 bits per heavy atom. The normalized spacial score (nSPS) is 16.5. The van der Waals surface area contributed by atoms with E-state index in [1.165, 1.54) is 0 Å². The van der Waals surface area contributed by atoms with Crippen LogP contribution in [0.5, 0.6) is 0 Å². The molecule has 1 aromatic rings. The maximum atomic E-state index is 11.0. The highest BCUT2D eigenvalue weighted by molar-refractivity contribution is 5.75. The van der Waals surface area contributed by atoms with Crippen molar-refractivity contribution >= 4 is 11.9 Å². The van der Waals surface area contributed by atoms with E-state index in [1.807, 2.05) is 6.07 Å². The smallest absolute Gasteiger partial charge is 0.324 e. The summed E-state index contributed by atoms with van der Waals surface area (Å²) in [5.41, 5.74) is 5.22. The van der Waals surface area contributed by atoms with Gasteiger partial charge in [-0.1, -0.05) is 30.3 Å². The Morgan fingerprint density at radius 1 is 1.20 bits per heavy atom. The molecule has 1 fully saturated rings. The van der Waals surface area contributed by atoms with Crippen molar-refractivity contribution in [2.24, 2.45) is 5.73 Å². The molecule has 0 spiro atoms. The number of aliphatic hydroxyl groups excluding tert-OH is 1. The van der Waals surface area contributed by atoms with E-state index in [2.05, 4.69) is 5.73 Å². The summed E-state index contributed by atoms with van der Waals surface area (Å²) in [6, 6.07) is 8.09. The highest BCUT2D eigenvalue weighted by Gasteiger charge is 2.38. The second kappa shape index (κ2) is 7.59. The van der Waals surface area contributed by atoms with Crippen LogP contribution in [0.3, 0.4) is 0 Å². The lowest BCUT2D eigenvalue weighted by Crippen LogP contribution is -2.35. The topological polar surface area (TPSA) is 124 Å². The first-order chi connectivity index (χ1) is 9.47. The molecule has 0 saturated carbocycles. The highest BCUT2D eigenvalue weighted by atomic mass is 16.4. The number of carboxylic acids is 2. The van der Waals surface area contributed by atoms with E-state index in [0.717, 1.165) is 13.1 Å². The van der Waals surface area contributed by atoms with Gasteiger partial charge in [0.25, 0.3) is 0 Å². The Morgan fingerprint density at radius 3 is 2.05 bits per heavy atom. The molecule has 1 aliphatic heterocycles. The van der Waals surface area contributed by atoms with Gasteiger partial charge in [-0.2, -0.15) is 0 Å². The number of aliphatic carboxylic acids is 2. The first-order valence-electron chi connectivity index (χ1n) is 6.09. The molecule has 0 radical (unpaired) electrons. The number of nitrogens with zero attached hydrogens (tertiary/aromatic N) is 1. The third kappa shape index (κ3) is 4.96. The summed E-state index contributed by atoms with van der Waals surface area (Å²) < 4.78 is 0. The monoisotopic (exact) mass is 282 g/mol. The fourth-order valence-corrected chi connectivity index (χ4v) is 1.66. The Hall–Kier alpha value is -1.96. The Balaban J connectivity index is 0.000000347. The van der Waals surface area contributed by atoms with E-state index in [0.29, 0.717) is 5.56 Å². The van der Waals surface area contributed by atoms with Crippen molar-refractivity contribution in [3.8, 4) is 0 Å². The molecule has 2 atom stereocenters. The number of aliphatic hydroxyl groups is 1. The van der Waals surface area contributed by atoms with Gasteiger partial charge in [0.05, 0.1) is 6.54 Å². The molecule has 7 heteroatoms. The van der Waals surface area contributed by atoms with Crippen LogP contribution >= 0.6 is 0 Å². The molecule has 20 heavy (non-hydrogen) atoms. The minimum Gasteiger partial charge on any atom is -0.480 e. The third-order valence-corrected chi connectivity index (χ3v) is 2.74. The zero-order valence-corrected chi connectivity index (χ0v) is 10.8. The molecule has 110 valence electrons. The number of hydrogen-bond donors (Lipinski definition) is 4. The van der Waals surface area contributed by atoms with Crippen molar-refractivity contribution in [1.29, 1.82) is 0 Å². The zero-order chi connectivity index (χ0) is 15.1. The van der Waals surface area contributed by atoms with Crippen LogP contribution in [0.2, 0.25) is 0 Å². The second-order valence-corrected chi connectivity index (χ2v) is 4.27. The van der Waals surface area contributed by atoms with Crippen LogP contribution in [0.4, 0.5) is 0 Å². The minimum absolute atomic E-state index is 0.278. The maximum absolute atomic E-state index is 11.0. The Bertz CT molecular complexity index is 447. The van der Waals surface area contributed by atoms with E-state index in [9.17, 15) is 14.7 Å². The largest absolute Gasteiger partial charge is 0.480 e. The SMILES string of the molecule is NCC(=O)O.O=C(O)C(C(O)c1ccccc1)N1CC1. The number of carbonyl (C=O) groups is 2. The van der Waals surface area contributed by atoms with Gasteiger partial charge in [0, 0.05) is 13.1 Å². The van der Waals surface area contributed by atoms with Crippen LogP contribution in [0.1, 0.15) is 11.7 Å². The van der Waals surface area contributed by atoms with Gasteiger partial charge < -0.3 is 21.1 Å². The van der Waals surface area contributed by atoms with Gasteiger partial charge in [-0.25, -0.2) is 0 Å². The number of hydrogen-bond acceptors (Lipinski definition) is 5. The van der Waals surface area contributed by atoms with Gasteiger partial charge in [0.15, 0.2) is 0 Å². The molecule has 0 aromatic heterocycles. The Labute approximate surface area is 116 Å². The van der Waals surface area contributed by atoms with Crippen molar-refractivity contribution in [1.82, 2.24) is 4.90 Å². The summed E-state index contributed by atoms with van der Waals surface area (Å²) in [6.45, 7) is 1.22. The van der Waals surface area contributed by atoms with E-state index >= 15 is 0 Å². The molecule has 1 aliphatic rings. The summed E-state index contributed by atoms with van der Waals surface area (Å²) in [7, 11) is 0. The van der Waals surface area contributed by atoms with E-state index in [1.54, 1.807) is 29.2 Å². The summed E-state index contributed by atoms with van der Waals surface area (Å²) in [5.74, 6) is -1.94. The zero-order valence-electron chi connectivity index (χ0n) is 10.8. The number of nitrogens with two attached hydrogens (primary N) is 1. The molecule has 0 amide bonds. The number of rotatable bonds is 5. The van der Waals surface area contributed by atoms with Gasteiger partial charge >= 0.3 is 11.9 Å². The average molecular weight is 282 g/mol. The first-order valence-corrected chi connectivity index (χ1v) is 6.09. The fraction of sp³-hybridized carbons (Fsp3) is 0.385. The molecular formula is C13H18N2O5. The van der Waals surface area contributed by atoms with Crippen LogP contribution < -0.4 is 5.73 Å². The lowest BCUT2D eigenvalue weighted by molar-refractivity contribution is -0.145. The molecule has 2 rings (SSSR count). The van der Waals surface area contributed by atoms with Crippen LogP contribution in [0.15, 0.2) is 30.3 Å². The molecule has 7 nitrogen and oxygen atoms in total. The molecule has 1 heterocycles. The van der Waals surface area contributed by atoms with E-state index in [-0.39, 0.29) is 6.54 Å².